The summed E-state index contributed by atoms with van der Waals surface area (Å²) in [6.07, 6.45) is 1.04. The van der Waals surface area contributed by atoms with Gasteiger partial charge in [0.15, 0.2) is 11.0 Å². The second kappa shape index (κ2) is 5.91. The minimum atomic E-state index is -4.10. The highest BCUT2D eigenvalue weighted by molar-refractivity contribution is 9.10. The first kappa shape index (κ1) is 16.2. The lowest BCUT2D eigenvalue weighted by Crippen LogP contribution is -2.15. The molecule has 0 spiro atoms. The Kier molecular flexibility index (Phi) is 4.57. The molecule has 6 nitrogen and oxygen atoms in total. The van der Waals surface area contributed by atoms with Crippen LogP contribution in [0.15, 0.2) is 27.8 Å². The summed E-state index contributed by atoms with van der Waals surface area (Å²) in [4.78, 5) is 7.00. The molecule has 11 heteroatoms. The van der Waals surface area contributed by atoms with Crippen LogP contribution in [-0.4, -0.2) is 18.4 Å². The SMILES string of the molecule is Nc1cc(S(=O)(=O)Nc2ncnc(Cl)c2Cl)c(Br)cc1F. The molecule has 0 radical (unpaired) electrons. The first-order chi connectivity index (χ1) is 9.72. The van der Waals surface area contributed by atoms with Crippen molar-refractivity contribution in [3.05, 3.63) is 38.9 Å². The molecule has 0 aliphatic rings. The van der Waals surface area contributed by atoms with Gasteiger partial charge in [-0.25, -0.2) is 22.8 Å². The van der Waals surface area contributed by atoms with Crippen molar-refractivity contribution in [2.45, 2.75) is 4.90 Å². The van der Waals surface area contributed by atoms with Gasteiger partial charge in [0.2, 0.25) is 0 Å². The van der Waals surface area contributed by atoms with Gasteiger partial charge in [-0.2, -0.15) is 0 Å². The van der Waals surface area contributed by atoms with Crippen molar-refractivity contribution >= 4 is 60.7 Å². The highest BCUT2D eigenvalue weighted by atomic mass is 79.9. The average molecular weight is 416 g/mol. The van der Waals surface area contributed by atoms with Crippen molar-refractivity contribution in [3.8, 4) is 0 Å². The first-order valence-electron chi connectivity index (χ1n) is 5.15. The van der Waals surface area contributed by atoms with E-state index in [0.717, 1.165) is 18.5 Å². The van der Waals surface area contributed by atoms with Gasteiger partial charge in [-0.3, -0.25) is 4.72 Å². The van der Waals surface area contributed by atoms with E-state index in [9.17, 15) is 12.8 Å². The number of aromatic nitrogens is 2. The number of hydrogen-bond donors (Lipinski definition) is 2. The summed E-state index contributed by atoms with van der Waals surface area (Å²) in [5.74, 6) is -0.949. The predicted octanol–water partition coefficient (Wildman–Crippen LogP) is 3.07. The fraction of sp³-hybridized carbons (Fsp3) is 0. The van der Waals surface area contributed by atoms with Crippen LogP contribution in [0, 0.1) is 5.82 Å². The van der Waals surface area contributed by atoms with Gasteiger partial charge in [-0.1, -0.05) is 23.2 Å². The molecule has 0 atom stereocenters. The summed E-state index contributed by atoms with van der Waals surface area (Å²) in [5, 5.41) is -0.268. The molecule has 21 heavy (non-hydrogen) atoms. The van der Waals surface area contributed by atoms with Gasteiger partial charge in [0.05, 0.1) is 5.69 Å². The van der Waals surface area contributed by atoms with Crippen molar-refractivity contribution in [1.82, 2.24) is 9.97 Å². The Bertz CT molecular complexity index is 819. The van der Waals surface area contributed by atoms with Gasteiger partial charge >= 0.3 is 0 Å². The highest BCUT2D eigenvalue weighted by Gasteiger charge is 2.22. The molecule has 1 aromatic heterocycles. The number of benzene rings is 1. The van der Waals surface area contributed by atoms with Crippen molar-refractivity contribution in [1.29, 1.82) is 0 Å². The standard InChI is InChI=1S/C10H6BrCl2FN4O2S/c11-4-1-5(14)6(15)2-7(4)21(19,20)18-10-8(12)9(13)16-3-17-10/h1-3H,15H2,(H,16,17,18). The van der Waals surface area contributed by atoms with Gasteiger partial charge in [-0.05, 0) is 28.1 Å². The van der Waals surface area contributed by atoms with E-state index in [1.54, 1.807) is 0 Å². The maximum Gasteiger partial charge on any atom is 0.264 e. The monoisotopic (exact) mass is 414 g/mol. The zero-order valence-corrected chi connectivity index (χ0v) is 13.9. The van der Waals surface area contributed by atoms with Gasteiger partial charge in [-0.15, -0.1) is 0 Å². The zero-order valence-electron chi connectivity index (χ0n) is 9.94. The third-order valence-corrected chi connectivity index (χ3v) is 5.36. The van der Waals surface area contributed by atoms with Crippen LogP contribution in [0.25, 0.3) is 0 Å². The summed E-state index contributed by atoms with van der Waals surface area (Å²) in [7, 11) is -4.10. The summed E-state index contributed by atoms with van der Waals surface area (Å²) in [5.41, 5.74) is 5.06. The Labute approximate surface area is 137 Å². The minimum absolute atomic E-state index is 0.00187. The summed E-state index contributed by atoms with van der Waals surface area (Å²) >= 11 is 14.4. The van der Waals surface area contributed by atoms with E-state index in [0.29, 0.717) is 0 Å². The molecule has 0 saturated heterocycles. The number of nitrogen functional groups attached to an aromatic ring is 1. The van der Waals surface area contributed by atoms with E-state index in [1.165, 1.54) is 0 Å². The van der Waals surface area contributed by atoms with Crippen LogP contribution < -0.4 is 10.5 Å². The van der Waals surface area contributed by atoms with E-state index in [1.807, 2.05) is 0 Å². The lowest BCUT2D eigenvalue weighted by Gasteiger charge is -2.11. The highest BCUT2D eigenvalue weighted by Crippen LogP contribution is 2.31. The van der Waals surface area contributed by atoms with Crippen LogP contribution in [0.5, 0.6) is 0 Å². The topological polar surface area (TPSA) is 98.0 Å². The van der Waals surface area contributed by atoms with Gasteiger partial charge in [0.1, 0.15) is 22.1 Å². The van der Waals surface area contributed by atoms with Crippen molar-refractivity contribution < 1.29 is 12.8 Å². The first-order valence-corrected chi connectivity index (χ1v) is 8.19. The zero-order chi connectivity index (χ0) is 15.8. The molecule has 0 amide bonds. The molecule has 0 fully saturated rings. The number of nitrogens with zero attached hydrogens (tertiary/aromatic N) is 2. The second-order valence-corrected chi connectivity index (χ2v) is 6.98. The maximum absolute atomic E-state index is 13.3. The summed E-state index contributed by atoms with van der Waals surface area (Å²) in [6, 6.07) is 1.91. The van der Waals surface area contributed by atoms with E-state index < -0.39 is 15.8 Å². The third kappa shape index (κ3) is 3.37. The van der Waals surface area contributed by atoms with Crippen molar-refractivity contribution in [2.75, 3.05) is 10.5 Å². The van der Waals surface area contributed by atoms with Gasteiger partial charge in [0.25, 0.3) is 10.0 Å². The second-order valence-electron chi connectivity index (χ2n) is 3.74. The van der Waals surface area contributed by atoms with Crippen LogP contribution >= 0.6 is 39.1 Å². The van der Waals surface area contributed by atoms with Crippen LogP contribution in [-0.2, 0) is 10.0 Å². The molecule has 0 aliphatic heterocycles. The number of rotatable bonds is 3. The molecule has 0 saturated carbocycles. The Morgan fingerprint density at radius 2 is 1.95 bits per heavy atom. The molecule has 112 valence electrons. The van der Waals surface area contributed by atoms with Crippen LogP contribution in [0.2, 0.25) is 10.2 Å². The molecule has 3 N–H and O–H groups in total. The van der Waals surface area contributed by atoms with E-state index in [-0.39, 0.29) is 31.0 Å². The molecule has 1 aromatic carbocycles. The van der Waals surface area contributed by atoms with E-state index >= 15 is 0 Å². The fourth-order valence-corrected chi connectivity index (χ4v) is 3.76. The van der Waals surface area contributed by atoms with Crippen LogP contribution in [0.1, 0.15) is 0 Å². The predicted molar refractivity (Wildman–Crippen MR) is 81.4 cm³/mol. The summed E-state index contributed by atoms with van der Waals surface area (Å²) < 4.78 is 39.9. The molecule has 0 aliphatic carbocycles. The van der Waals surface area contributed by atoms with Gasteiger partial charge in [0, 0.05) is 4.47 Å². The molecule has 2 rings (SSSR count). The number of anilines is 2. The minimum Gasteiger partial charge on any atom is -0.396 e. The van der Waals surface area contributed by atoms with Crippen LogP contribution in [0.4, 0.5) is 15.9 Å². The Morgan fingerprint density at radius 3 is 2.62 bits per heavy atom. The van der Waals surface area contributed by atoms with Gasteiger partial charge < -0.3 is 5.73 Å². The number of halogens is 4. The molecular weight excluding hydrogens is 410 g/mol. The Morgan fingerprint density at radius 1 is 1.29 bits per heavy atom. The maximum atomic E-state index is 13.3. The van der Waals surface area contributed by atoms with E-state index in [2.05, 4.69) is 30.6 Å². The van der Waals surface area contributed by atoms with Crippen molar-refractivity contribution in [2.24, 2.45) is 0 Å². The number of sulfonamides is 1. The molecule has 1 heterocycles. The molecule has 0 bridgehead atoms. The normalized spacial score (nSPS) is 11.4. The number of nitrogens with one attached hydrogen (secondary N) is 1. The Balaban J connectivity index is 2.48. The molecule has 2 aromatic rings. The average Bonchev–Trinajstić information content (AvgIpc) is 2.39. The largest absolute Gasteiger partial charge is 0.396 e. The smallest absolute Gasteiger partial charge is 0.264 e. The van der Waals surface area contributed by atoms with Crippen molar-refractivity contribution in [3.63, 3.8) is 0 Å². The lowest BCUT2D eigenvalue weighted by molar-refractivity contribution is 0.599. The lowest BCUT2D eigenvalue weighted by atomic mass is 10.3. The number of hydrogen-bond acceptors (Lipinski definition) is 5. The quantitative estimate of drug-likeness (QED) is 0.592. The summed E-state index contributed by atoms with van der Waals surface area (Å²) in [6.45, 7) is 0. The van der Waals surface area contributed by atoms with Crippen LogP contribution in [0.3, 0.4) is 0 Å². The Hall–Kier alpha value is -1.16. The number of nitrogens with two attached hydrogens (primary N) is 1. The third-order valence-electron chi connectivity index (χ3n) is 2.32. The molecular formula is C10H6BrCl2FN4O2S. The fourth-order valence-electron chi connectivity index (χ4n) is 1.35. The molecule has 0 unspecified atom stereocenters. The van der Waals surface area contributed by atoms with E-state index in [4.69, 9.17) is 28.9 Å².